The van der Waals surface area contributed by atoms with Gasteiger partial charge in [-0.25, -0.2) is 4.98 Å². The lowest BCUT2D eigenvalue weighted by Crippen LogP contribution is -2.38. The van der Waals surface area contributed by atoms with E-state index < -0.39 is 0 Å². The van der Waals surface area contributed by atoms with Crippen LogP contribution in [0.2, 0.25) is 0 Å². The lowest BCUT2D eigenvalue weighted by Gasteiger charge is -2.33. The van der Waals surface area contributed by atoms with E-state index in [-0.39, 0.29) is 11.9 Å². The minimum atomic E-state index is -0.0636. The van der Waals surface area contributed by atoms with E-state index in [9.17, 15) is 4.79 Å². The number of para-hydroxylation sites is 1. The third-order valence-corrected chi connectivity index (χ3v) is 5.66. The summed E-state index contributed by atoms with van der Waals surface area (Å²) in [5.74, 6) is 0.978. The van der Waals surface area contributed by atoms with Crippen molar-refractivity contribution in [1.29, 1.82) is 0 Å². The van der Waals surface area contributed by atoms with Gasteiger partial charge in [-0.1, -0.05) is 12.1 Å². The summed E-state index contributed by atoms with van der Waals surface area (Å²) in [6, 6.07) is 11.7. The van der Waals surface area contributed by atoms with Crippen molar-refractivity contribution in [2.24, 2.45) is 0 Å². The Balaban J connectivity index is 1.62. The number of ether oxygens (including phenoxy) is 1. The molecule has 25 heavy (non-hydrogen) atoms. The molecule has 3 aromatic rings. The minimum absolute atomic E-state index is 0.0228. The van der Waals surface area contributed by atoms with Crippen LogP contribution in [0.25, 0.3) is 10.2 Å². The molecule has 0 bridgehead atoms. The molecule has 0 radical (unpaired) electrons. The number of hydrogen-bond donors (Lipinski definition) is 0. The normalized spacial score (nSPS) is 18.0. The van der Waals surface area contributed by atoms with Crippen molar-refractivity contribution in [3.8, 4) is 0 Å². The van der Waals surface area contributed by atoms with Gasteiger partial charge in [0, 0.05) is 13.7 Å². The Hall–Kier alpha value is -2.18. The zero-order chi connectivity index (χ0) is 17.2. The van der Waals surface area contributed by atoms with E-state index in [4.69, 9.17) is 14.1 Å². The highest BCUT2D eigenvalue weighted by Crippen LogP contribution is 2.36. The summed E-state index contributed by atoms with van der Waals surface area (Å²) < 4.78 is 11.9. The van der Waals surface area contributed by atoms with Crippen LogP contribution in [0.1, 0.15) is 46.6 Å². The van der Waals surface area contributed by atoms with Crippen molar-refractivity contribution >= 4 is 27.5 Å². The van der Waals surface area contributed by atoms with E-state index in [1.165, 1.54) is 0 Å². The van der Waals surface area contributed by atoms with Crippen LogP contribution in [0.5, 0.6) is 0 Å². The maximum atomic E-state index is 13.0. The molecule has 0 N–H and O–H groups in total. The molecule has 130 valence electrons. The molecule has 1 aromatic carbocycles. The number of methoxy groups -OCH3 is 1. The lowest BCUT2D eigenvalue weighted by molar-refractivity contribution is 0.0572. The number of furan rings is 1. The fourth-order valence-electron chi connectivity index (χ4n) is 3.32. The van der Waals surface area contributed by atoms with Crippen molar-refractivity contribution < 1.29 is 13.9 Å². The third kappa shape index (κ3) is 3.19. The molecule has 4 rings (SSSR count). The van der Waals surface area contributed by atoms with Crippen LogP contribution in [-0.4, -0.2) is 29.4 Å². The standard InChI is InChI=1S/C19H20N2O3S/c1-23-12-13-9-10-16(24-13)19(22)21-11-5-4-7-15(21)18-20-14-6-2-3-8-17(14)25-18/h2-3,6,8-10,15H,4-5,7,11-12H2,1H3. The zero-order valence-corrected chi connectivity index (χ0v) is 14.9. The van der Waals surface area contributed by atoms with Gasteiger partial charge >= 0.3 is 0 Å². The number of carbonyl (C=O) groups is 1. The summed E-state index contributed by atoms with van der Waals surface area (Å²) in [5, 5.41) is 1.01. The molecule has 5 nitrogen and oxygen atoms in total. The first-order valence-corrected chi connectivity index (χ1v) is 9.32. The van der Waals surface area contributed by atoms with E-state index in [0.717, 1.165) is 41.0 Å². The van der Waals surface area contributed by atoms with E-state index >= 15 is 0 Å². The van der Waals surface area contributed by atoms with Gasteiger partial charge in [-0.05, 0) is 43.5 Å². The number of amides is 1. The molecule has 0 aliphatic carbocycles. The molecule has 3 heterocycles. The number of aromatic nitrogens is 1. The average molecular weight is 356 g/mol. The predicted octanol–water partition coefficient (Wildman–Crippen LogP) is 4.40. The molecule has 1 fully saturated rings. The largest absolute Gasteiger partial charge is 0.453 e. The highest BCUT2D eigenvalue weighted by atomic mass is 32.1. The molecule has 0 spiro atoms. The maximum absolute atomic E-state index is 13.0. The Morgan fingerprint density at radius 2 is 2.20 bits per heavy atom. The van der Waals surface area contributed by atoms with Crippen LogP contribution in [0.4, 0.5) is 0 Å². The van der Waals surface area contributed by atoms with Gasteiger partial charge in [0.15, 0.2) is 5.76 Å². The summed E-state index contributed by atoms with van der Waals surface area (Å²) in [7, 11) is 1.61. The maximum Gasteiger partial charge on any atom is 0.290 e. The molecule has 1 unspecified atom stereocenters. The number of piperidine rings is 1. The fourth-order valence-corrected chi connectivity index (χ4v) is 4.43. The van der Waals surface area contributed by atoms with Crippen molar-refractivity contribution in [2.45, 2.75) is 31.9 Å². The quantitative estimate of drug-likeness (QED) is 0.695. The minimum Gasteiger partial charge on any atom is -0.453 e. The molecule has 1 atom stereocenters. The Bertz CT molecular complexity index is 853. The smallest absolute Gasteiger partial charge is 0.290 e. The SMILES string of the molecule is COCc1ccc(C(=O)N2CCCCC2c2nc3ccccc3s2)o1. The number of benzene rings is 1. The van der Waals surface area contributed by atoms with Crippen molar-refractivity contribution in [2.75, 3.05) is 13.7 Å². The molecule has 1 saturated heterocycles. The van der Waals surface area contributed by atoms with E-state index in [2.05, 4.69) is 6.07 Å². The van der Waals surface area contributed by atoms with Gasteiger partial charge < -0.3 is 14.1 Å². The Morgan fingerprint density at radius 3 is 3.04 bits per heavy atom. The number of rotatable bonds is 4. The van der Waals surface area contributed by atoms with Crippen molar-refractivity contribution in [3.63, 3.8) is 0 Å². The first-order chi connectivity index (χ1) is 12.3. The molecule has 0 saturated carbocycles. The summed E-state index contributed by atoms with van der Waals surface area (Å²) in [6.07, 6.45) is 3.06. The average Bonchev–Trinajstić information content (AvgIpc) is 3.28. The van der Waals surface area contributed by atoms with Crippen molar-refractivity contribution in [3.05, 3.63) is 52.9 Å². The molecule has 1 aliphatic rings. The molecular formula is C19H20N2O3S. The number of hydrogen-bond acceptors (Lipinski definition) is 5. The number of carbonyl (C=O) groups excluding carboxylic acids is 1. The number of nitrogens with zero attached hydrogens (tertiary/aromatic N) is 2. The number of likely N-dealkylation sites (tertiary alicyclic amines) is 1. The summed E-state index contributed by atoms with van der Waals surface area (Å²) in [4.78, 5) is 19.7. The Kier molecular flexibility index (Phi) is 4.55. The van der Waals surface area contributed by atoms with Gasteiger partial charge in [0.05, 0.1) is 16.3 Å². The first kappa shape index (κ1) is 16.3. The van der Waals surface area contributed by atoms with Crippen LogP contribution < -0.4 is 0 Å². The van der Waals surface area contributed by atoms with Gasteiger partial charge in [-0.15, -0.1) is 11.3 Å². The van der Waals surface area contributed by atoms with Crippen LogP contribution in [0, 0.1) is 0 Å². The van der Waals surface area contributed by atoms with Crippen LogP contribution in [0.3, 0.4) is 0 Å². The van der Waals surface area contributed by atoms with Gasteiger partial charge in [-0.3, -0.25) is 4.79 Å². The highest BCUT2D eigenvalue weighted by Gasteiger charge is 2.32. The molecule has 1 aliphatic heterocycles. The zero-order valence-electron chi connectivity index (χ0n) is 14.1. The van der Waals surface area contributed by atoms with Gasteiger partial charge in [0.1, 0.15) is 17.4 Å². The van der Waals surface area contributed by atoms with E-state index in [0.29, 0.717) is 18.1 Å². The Labute approximate surface area is 150 Å². The van der Waals surface area contributed by atoms with Gasteiger partial charge in [-0.2, -0.15) is 0 Å². The first-order valence-electron chi connectivity index (χ1n) is 8.50. The van der Waals surface area contributed by atoms with Crippen molar-refractivity contribution in [1.82, 2.24) is 9.88 Å². The predicted molar refractivity (Wildman–Crippen MR) is 96.7 cm³/mol. The number of thiazole rings is 1. The molecule has 2 aromatic heterocycles. The third-order valence-electron chi connectivity index (χ3n) is 4.52. The topological polar surface area (TPSA) is 55.6 Å². The van der Waals surface area contributed by atoms with Crippen LogP contribution in [-0.2, 0) is 11.3 Å². The van der Waals surface area contributed by atoms with E-state index in [1.807, 2.05) is 23.1 Å². The van der Waals surface area contributed by atoms with Gasteiger partial charge in [0.2, 0.25) is 0 Å². The number of fused-ring (bicyclic) bond motifs is 1. The molecule has 1 amide bonds. The fraction of sp³-hybridized carbons (Fsp3) is 0.368. The summed E-state index contributed by atoms with van der Waals surface area (Å²) in [5.41, 5.74) is 1.00. The monoisotopic (exact) mass is 356 g/mol. The van der Waals surface area contributed by atoms with Crippen LogP contribution in [0.15, 0.2) is 40.8 Å². The molecular weight excluding hydrogens is 336 g/mol. The summed E-state index contributed by atoms with van der Waals surface area (Å²) >= 11 is 1.68. The Morgan fingerprint density at radius 1 is 1.32 bits per heavy atom. The highest BCUT2D eigenvalue weighted by molar-refractivity contribution is 7.18. The lowest BCUT2D eigenvalue weighted by atomic mass is 10.0. The molecule has 6 heteroatoms. The van der Waals surface area contributed by atoms with Gasteiger partial charge in [0.25, 0.3) is 5.91 Å². The second-order valence-corrected chi connectivity index (χ2v) is 7.29. The second-order valence-electron chi connectivity index (χ2n) is 6.23. The van der Waals surface area contributed by atoms with E-state index in [1.54, 1.807) is 30.6 Å². The summed E-state index contributed by atoms with van der Waals surface area (Å²) in [6.45, 7) is 1.11. The second kappa shape index (κ2) is 6.98. The van der Waals surface area contributed by atoms with Crippen LogP contribution >= 0.6 is 11.3 Å².